The smallest absolute Gasteiger partial charge is 0.230 e. The molecular weight excluding hydrogens is 320 g/mol. The van der Waals surface area contributed by atoms with Gasteiger partial charge < -0.3 is 19.0 Å². The van der Waals surface area contributed by atoms with E-state index in [0.717, 1.165) is 17.1 Å². The molecule has 0 saturated carbocycles. The van der Waals surface area contributed by atoms with Crippen molar-refractivity contribution < 1.29 is 13.9 Å². The molecule has 1 atom stereocenters. The molecule has 1 aliphatic rings. The van der Waals surface area contributed by atoms with Crippen molar-refractivity contribution in [1.82, 2.24) is 14.9 Å². The third-order valence-electron chi connectivity index (χ3n) is 4.62. The predicted molar refractivity (Wildman–Crippen MR) is 94.0 cm³/mol. The molecule has 0 unspecified atom stereocenters. The van der Waals surface area contributed by atoms with Crippen molar-refractivity contribution in [1.29, 1.82) is 0 Å². The molecule has 0 aromatic carbocycles. The fourth-order valence-corrected chi connectivity index (χ4v) is 3.21. The van der Waals surface area contributed by atoms with Crippen molar-refractivity contribution in [2.75, 3.05) is 38.2 Å². The Labute approximate surface area is 147 Å². The summed E-state index contributed by atoms with van der Waals surface area (Å²) in [7, 11) is 1.59. The first kappa shape index (κ1) is 17.3. The topological polar surface area (TPSA) is 71.7 Å². The zero-order chi connectivity index (χ0) is 18.0. The second kappa shape index (κ2) is 7.13. The number of rotatable bonds is 4. The number of hydrogen-bond donors (Lipinski definition) is 0. The summed E-state index contributed by atoms with van der Waals surface area (Å²) in [6, 6.07) is 3.68. The summed E-state index contributed by atoms with van der Waals surface area (Å²) in [5.74, 6) is 2.78. The van der Waals surface area contributed by atoms with Gasteiger partial charge in [-0.05, 0) is 26.8 Å². The average molecular weight is 344 g/mol. The van der Waals surface area contributed by atoms with Crippen LogP contribution in [0.1, 0.15) is 29.9 Å². The molecule has 3 rings (SSSR count). The monoisotopic (exact) mass is 344 g/mol. The van der Waals surface area contributed by atoms with Gasteiger partial charge in [-0.3, -0.25) is 4.79 Å². The van der Waals surface area contributed by atoms with Crippen LogP contribution in [-0.4, -0.2) is 54.1 Å². The highest BCUT2D eigenvalue weighted by atomic mass is 16.5. The quantitative estimate of drug-likeness (QED) is 0.846. The van der Waals surface area contributed by atoms with Crippen LogP contribution in [0.25, 0.3) is 0 Å². The third kappa shape index (κ3) is 3.60. The molecule has 7 nitrogen and oxygen atoms in total. The van der Waals surface area contributed by atoms with Crippen LogP contribution in [0.5, 0.6) is 5.88 Å². The summed E-state index contributed by atoms with van der Waals surface area (Å²) in [5.41, 5.74) is 0.973. The Balaban J connectivity index is 1.63. The van der Waals surface area contributed by atoms with E-state index in [4.69, 9.17) is 9.15 Å². The molecule has 134 valence electrons. The molecule has 0 bridgehead atoms. The number of amides is 1. The van der Waals surface area contributed by atoms with E-state index < -0.39 is 0 Å². The van der Waals surface area contributed by atoms with E-state index in [9.17, 15) is 4.79 Å². The number of furan rings is 1. The minimum absolute atomic E-state index is 0.134. The zero-order valence-electron chi connectivity index (χ0n) is 15.2. The second-order valence-corrected chi connectivity index (χ2v) is 6.30. The molecule has 1 saturated heterocycles. The maximum Gasteiger partial charge on any atom is 0.230 e. The normalized spacial score (nSPS) is 16.0. The Morgan fingerprint density at radius 1 is 1.28 bits per heavy atom. The highest BCUT2D eigenvalue weighted by Crippen LogP contribution is 2.25. The minimum Gasteiger partial charge on any atom is -0.481 e. The molecule has 0 radical (unpaired) electrons. The lowest BCUT2D eigenvalue weighted by Gasteiger charge is -2.36. The van der Waals surface area contributed by atoms with Crippen LogP contribution in [0.3, 0.4) is 0 Å². The largest absolute Gasteiger partial charge is 0.481 e. The fourth-order valence-electron chi connectivity index (χ4n) is 3.21. The Kier molecular flexibility index (Phi) is 4.92. The maximum absolute atomic E-state index is 12.8. The fraction of sp³-hybridized carbons (Fsp3) is 0.500. The van der Waals surface area contributed by atoms with Crippen LogP contribution < -0.4 is 9.64 Å². The Morgan fingerprint density at radius 2 is 2.00 bits per heavy atom. The van der Waals surface area contributed by atoms with E-state index in [1.165, 1.54) is 0 Å². The molecule has 1 amide bonds. The molecule has 0 spiro atoms. The van der Waals surface area contributed by atoms with Gasteiger partial charge in [0.25, 0.3) is 0 Å². The Bertz CT molecular complexity index is 751. The zero-order valence-corrected chi connectivity index (χ0v) is 15.2. The molecule has 0 N–H and O–H groups in total. The van der Waals surface area contributed by atoms with Crippen molar-refractivity contribution in [3.63, 3.8) is 0 Å². The van der Waals surface area contributed by atoms with Gasteiger partial charge in [-0.25, -0.2) is 4.98 Å². The maximum atomic E-state index is 12.8. The van der Waals surface area contributed by atoms with Crippen molar-refractivity contribution >= 4 is 11.9 Å². The van der Waals surface area contributed by atoms with Crippen LogP contribution in [0.4, 0.5) is 5.95 Å². The van der Waals surface area contributed by atoms with E-state index in [1.54, 1.807) is 19.4 Å². The lowest BCUT2D eigenvalue weighted by Crippen LogP contribution is -2.50. The highest BCUT2D eigenvalue weighted by molar-refractivity contribution is 5.83. The molecule has 2 aromatic rings. The van der Waals surface area contributed by atoms with E-state index in [1.807, 2.05) is 31.7 Å². The van der Waals surface area contributed by atoms with Gasteiger partial charge in [-0.15, -0.1) is 0 Å². The summed E-state index contributed by atoms with van der Waals surface area (Å²) in [5, 5.41) is 0. The first-order valence-electron chi connectivity index (χ1n) is 8.47. The Hall–Kier alpha value is -2.57. The van der Waals surface area contributed by atoms with E-state index in [-0.39, 0.29) is 11.8 Å². The van der Waals surface area contributed by atoms with Crippen LogP contribution >= 0.6 is 0 Å². The molecule has 2 aromatic heterocycles. The van der Waals surface area contributed by atoms with Gasteiger partial charge >= 0.3 is 0 Å². The van der Waals surface area contributed by atoms with Crippen molar-refractivity contribution in [3.8, 4) is 5.88 Å². The predicted octanol–water partition coefficient (Wildman–Crippen LogP) is 2.15. The summed E-state index contributed by atoms with van der Waals surface area (Å²) >= 11 is 0. The molecule has 1 aliphatic heterocycles. The minimum atomic E-state index is -0.197. The number of anilines is 1. The standard InChI is InChI=1S/C18H24N4O3/c1-12-11-15(14(3)25-12)13(2)17(23)21-7-9-22(10-8-21)18-19-6-5-16(20-18)24-4/h5-6,11,13H,7-10H2,1-4H3/t13-/m0/s1. The highest BCUT2D eigenvalue weighted by Gasteiger charge is 2.28. The third-order valence-corrected chi connectivity index (χ3v) is 4.62. The number of carbonyl (C=O) groups excluding carboxylic acids is 1. The molecule has 3 heterocycles. The lowest BCUT2D eigenvalue weighted by molar-refractivity contribution is -0.132. The van der Waals surface area contributed by atoms with Crippen molar-refractivity contribution in [2.45, 2.75) is 26.7 Å². The molecule has 25 heavy (non-hydrogen) atoms. The summed E-state index contributed by atoms with van der Waals surface area (Å²) in [4.78, 5) is 25.5. The number of aryl methyl sites for hydroxylation is 2. The van der Waals surface area contributed by atoms with Crippen LogP contribution in [0.15, 0.2) is 22.7 Å². The summed E-state index contributed by atoms with van der Waals surface area (Å²) in [6.45, 7) is 8.46. The van der Waals surface area contributed by atoms with Crippen molar-refractivity contribution in [3.05, 3.63) is 35.4 Å². The van der Waals surface area contributed by atoms with Crippen molar-refractivity contribution in [2.24, 2.45) is 0 Å². The molecule has 7 heteroatoms. The van der Waals surface area contributed by atoms with Gasteiger partial charge in [-0.1, -0.05) is 0 Å². The van der Waals surface area contributed by atoms with E-state index in [2.05, 4.69) is 14.9 Å². The van der Waals surface area contributed by atoms with Gasteiger partial charge in [0.15, 0.2) is 0 Å². The van der Waals surface area contributed by atoms with Gasteiger partial charge in [0.2, 0.25) is 17.7 Å². The van der Waals surface area contributed by atoms with Gasteiger partial charge in [-0.2, -0.15) is 4.98 Å². The second-order valence-electron chi connectivity index (χ2n) is 6.30. The SMILES string of the molecule is COc1ccnc(N2CCN(C(=O)[C@@H](C)c3cc(C)oc3C)CC2)n1. The summed E-state index contributed by atoms with van der Waals surface area (Å²) in [6.07, 6.45) is 1.69. The molecular formula is C18H24N4O3. The number of nitrogens with zero attached hydrogens (tertiary/aromatic N) is 4. The Morgan fingerprint density at radius 3 is 2.60 bits per heavy atom. The number of aromatic nitrogens is 2. The van der Waals surface area contributed by atoms with Gasteiger partial charge in [0.1, 0.15) is 11.5 Å². The number of hydrogen-bond acceptors (Lipinski definition) is 6. The first-order valence-corrected chi connectivity index (χ1v) is 8.47. The number of ether oxygens (including phenoxy) is 1. The molecule has 0 aliphatic carbocycles. The van der Waals surface area contributed by atoms with Gasteiger partial charge in [0.05, 0.1) is 13.0 Å². The van der Waals surface area contributed by atoms with Crippen LogP contribution in [0, 0.1) is 13.8 Å². The lowest BCUT2D eigenvalue weighted by atomic mass is 9.99. The number of methoxy groups -OCH3 is 1. The number of carbonyl (C=O) groups is 1. The molecule has 1 fully saturated rings. The van der Waals surface area contributed by atoms with E-state index in [0.29, 0.717) is 38.0 Å². The van der Waals surface area contributed by atoms with Crippen LogP contribution in [0.2, 0.25) is 0 Å². The van der Waals surface area contributed by atoms with Gasteiger partial charge in [0, 0.05) is 44.0 Å². The first-order chi connectivity index (χ1) is 12.0. The number of piperazine rings is 1. The van der Waals surface area contributed by atoms with Crippen LogP contribution in [-0.2, 0) is 4.79 Å². The average Bonchev–Trinajstić information content (AvgIpc) is 2.99. The van der Waals surface area contributed by atoms with E-state index >= 15 is 0 Å². The summed E-state index contributed by atoms with van der Waals surface area (Å²) < 4.78 is 10.7.